The predicted octanol–water partition coefficient (Wildman–Crippen LogP) is 3.93. The molecular formula is C20H23FN2O2. The lowest BCUT2D eigenvalue weighted by Crippen LogP contribution is -2.52. The lowest BCUT2D eigenvalue weighted by Gasteiger charge is -2.38. The molecule has 4 nitrogen and oxygen atoms in total. The van der Waals surface area contributed by atoms with Gasteiger partial charge in [-0.15, -0.1) is 0 Å². The summed E-state index contributed by atoms with van der Waals surface area (Å²) in [5.74, 6) is -0.224. The number of benzene rings is 2. The average molecular weight is 342 g/mol. The third kappa shape index (κ3) is 5.03. The summed E-state index contributed by atoms with van der Waals surface area (Å²) in [5.41, 5.74) is 2.03. The van der Waals surface area contributed by atoms with Gasteiger partial charge in [0.1, 0.15) is 12.4 Å². The molecule has 0 heterocycles. The average Bonchev–Trinajstić information content (AvgIpc) is 2.59. The Bertz CT molecular complexity index is 685. The number of rotatable bonds is 6. The van der Waals surface area contributed by atoms with E-state index in [0.29, 0.717) is 6.04 Å². The number of hydrogen-bond donors (Lipinski definition) is 2. The topological polar surface area (TPSA) is 50.4 Å². The standard InChI is InChI=1S/C20H23FN2O2/c1-14(16-7-9-17(21)10-8-16)22-18-11-19(12-18)23-20(24)25-13-15-5-3-2-4-6-15/h2-10,14,18-19,22H,11-13H2,1H3,(H,23,24)/t14-,18?,19?/m0/s1. The molecule has 0 saturated heterocycles. The third-order valence-electron chi connectivity index (χ3n) is 4.53. The van der Waals surface area contributed by atoms with E-state index in [0.717, 1.165) is 24.0 Å². The molecule has 5 heteroatoms. The van der Waals surface area contributed by atoms with Crippen LogP contribution in [0.2, 0.25) is 0 Å². The van der Waals surface area contributed by atoms with Crippen molar-refractivity contribution in [1.82, 2.24) is 10.6 Å². The molecule has 3 rings (SSSR count). The lowest BCUT2D eigenvalue weighted by atomic mass is 9.86. The Labute approximate surface area is 147 Å². The molecule has 25 heavy (non-hydrogen) atoms. The SMILES string of the molecule is C[C@H](NC1CC(NC(=O)OCc2ccccc2)C1)c1ccc(F)cc1. The minimum absolute atomic E-state index is 0.140. The monoisotopic (exact) mass is 342 g/mol. The van der Waals surface area contributed by atoms with Crippen molar-refractivity contribution in [3.8, 4) is 0 Å². The summed E-state index contributed by atoms with van der Waals surface area (Å²) in [4.78, 5) is 11.8. The second-order valence-electron chi connectivity index (χ2n) is 6.51. The van der Waals surface area contributed by atoms with Gasteiger partial charge in [0.25, 0.3) is 0 Å². The Morgan fingerprint density at radius 2 is 1.80 bits per heavy atom. The summed E-state index contributed by atoms with van der Waals surface area (Å²) >= 11 is 0. The summed E-state index contributed by atoms with van der Waals surface area (Å²) < 4.78 is 18.2. The maximum Gasteiger partial charge on any atom is 0.407 e. The second-order valence-corrected chi connectivity index (χ2v) is 6.51. The molecular weight excluding hydrogens is 319 g/mol. The van der Waals surface area contributed by atoms with E-state index < -0.39 is 0 Å². The quantitative estimate of drug-likeness (QED) is 0.836. The molecule has 0 aliphatic heterocycles. The number of nitrogens with one attached hydrogen (secondary N) is 2. The Balaban J connectivity index is 1.35. The van der Waals surface area contributed by atoms with Crippen LogP contribution < -0.4 is 10.6 Å². The fourth-order valence-corrected chi connectivity index (χ4v) is 3.00. The van der Waals surface area contributed by atoms with Crippen molar-refractivity contribution in [3.63, 3.8) is 0 Å². The van der Waals surface area contributed by atoms with E-state index in [4.69, 9.17) is 4.74 Å². The van der Waals surface area contributed by atoms with Crippen LogP contribution in [-0.2, 0) is 11.3 Å². The zero-order chi connectivity index (χ0) is 17.6. The molecule has 132 valence electrons. The van der Waals surface area contributed by atoms with Gasteiger partial charge in [0.05, 0.1) is 0 Å². The van der Waals surface area contributed by atoms with Crippen LogP contribution in [0.5, 0.6) is 0 Å². The van der Waals surface area contributed by atoms with E-state index in [1.54, 1.807) is 12.1 Å². The Morgan fingerprint density at radius 3 is 2.48 bits per heavy atom. The number of halogens is 1. The van der Waals surface area contributed by atoms with Crippen molar-refractivity contribution >= 4 is 6.09 Å². The van der Waals surface area contributed by atoms with Gasteiger partial charge >= 0.3 is 6.09 Å². The maximum atomic E-state index is 13.0. The first kappa shape index (κ1) is 17.4. The molecule has 0 spiro atoms. The van der Waals surface area contributed by atoms with Crippen molar-refractivity contribution in [3.05, 3.63) is 71.5 Å². The van der Waals surface area contributed by atoms with Gasteiger partial charge in [-0.1, -0.05) is 42.5 Å². The van der Waals surface area contributed by atoms with Crippen molar-refractivity contribution in [2.75, 3.05) is 0 Å². The fourth-order valence-electron chi connectivity index (χ4n) is 3.00. The molecule has 2 aromatic carbocycles. The van der Waals surface area contributed by atoms with Gasteiger partial charge < -0.3 is 15.4 Å². The zero-order valence-corrected chi connectivity index (χ0v) is 14.2. The van der Waals surface area contributed by atoms with Gasteiger partial charge in [0, 0.05) is 18.1 Å². The highest BCUT2D eigenvalue weighted by molar-refractivity contribution is 5.67. The van der Waals surface area contributed by atoms with Crippen molar-refractivity contribution in [1.29, 1.82) is 0 Å². The first-order chi connectivity index (χ1) is 12.1. The van der Waals surface area contributed by atoms with Crippen molar-refractivity contribution in [2.24, 2.45) is 0 Å². The van der Waals surface area contributed by atoms with Gasteiger partial charge in [-0.05, 0) is 43.0 Å². The molecule has 0 aromatic heterocycles. The highest BCUT2D eigenvalue weighted by Crippen LogP contribution is 2.24. The van der Waals surface area contributed by atoms with Crippen molar-refractivity contribution < 1.29 is 13.9 Å². The summed E-state index contributed by atoms with van der Waals surface area (Å²) in [6, 6.07) is 16.8. The van der Waals surface area contributed by atoms with Crippen LogP contribution in [0.3, 0.4) is 0 Å². The van der Waals surface area contributed by atoms with Crippen LogP contribution in [0, 0.1) is 5.82 Å². The lowest BCUT2D eigenvalue weighted by molar-refractivity contribution is 0.124. The van der Waals surface area contributed by atoms with Crippen LogP contribution in [-0.4, -0.2) is 18.2 Å². The summed E-state index contributed by atoms with van der Waals surface area (Å²) in [5, 5.41) is 6.38. The Hall–Kier alpha value is -2.40. The fraction of sp³-hybridized carbons (Fsp3) is 0.350. The van der Waals surface area contributed by atoms with Crippen LogP contribution in [0.4, 0.5) is 9.18 Å². The third-order valence-corrected chi connectivity index (χ3v) is 4.53. The number of carbonyl (C=O) groups is 1. The van der Waals surface area contributed by atoms with Gasteiger partial charge in [-0.2, -0.15) is 0 Å². The molecule has 0 radical (unpaired) electrons. The molecule has 1 aliphatic carbocycles. The van der Waals surface area contributed by atoms with E-state index in [2.05, 4.69) is 17.6 Å². The van der Waals surface area contributed by atoms with Crippen molar-refractivity contribution in [2.45, 2.75) is 44.5 Å². The molecule has 1 aliphatic rings. The smallest absolute Gasteiger partial charge is 0.407 e. The predicted molar refractivity (Wildman–Crippen MR) is 94.5 cm³/mol. The van der Waals surface area contributed by atoms with Gasteiger partial charge in [0.2, 0.25) is 0 Å². The summed E-state index contributed by atoms with van der Waals surface area (Å²) in [7, 11) is 0. The van der Waals surface area contributed by atoms with E-state index in [-0.39, 0.29) is 30.6 Å². The van der Waals surface area contributed by atoms with E-state index >= 15 is 0 Å². The van der Waals surface area contributed by atoms with Crippen LogP contribution in [0.1, 0.15) is 36.9 Å². The summed E-state index contributed by atoms with van der Waals surface area (Å²) in [6.07, 6.45) is 1.36. The number of carbonyl (C=O) groups excluding carboxylic acids is 1. The normalized spacial score (nSPS) is 20.4. The molecule has 1 amide bonds. The molecule has 2 aromatic rings. The van der Waals surface area contributed by atoms with E-state index in [1.165, 1.54) is 12.1 Å². The number of alkyl carbamates (subject to hydrolysis) is 1. The minimum atomic E-state index is -0.376. The number of amides is 1. The highest BCUT2D eigenvalue weighted by atomic mass is 19.1. The van der Waals surface area contributed by atoms with Gasteiger partial charge in [-0.25, -0.2) is 9.18 Å². The molecule has 1 atom stereocenters. The van der Waals surface area contributed by atoms with Gasteiger partial charge in [-0.3, -0.25) is 0 Å². The van der Waals surface area contributed by atoms with E-state index in [9.17, 15) is 9.18 Å². The van der Waals surface area contributed by atoms with Crippen LogP contribution >= 0.6 is 0 Å². The summed E-state index contributed by atoms with van der Waals surface area (Å²) in [6.45, 7) is 2.34. The van der Waals surface area contributed by atoms with E-state index in [1.807, 2.05) is 30.3 Å². The first-order valence-corrected chi connectivity index (χ1v) is 8.59. The highest BCUT2D eigenvalue weighted by Gasteiger charge is 2.31. The van der Waals surface area contributed by atoms with Crippen LogP contribution in [0.25, 0.3) is 0 Å². The largest absolute Gasteiger partial charge is 0.445 e. The maximum absolute atomic E-state index is 13.0. The molecule has 2 N–H and O–H groups in total. The number of hydrogen-bond acceptors (Lipinski definition) is 3. The Morgan fingerprint density at radius 1 is 1.12 bits per heavy atom. The molecule has 0 unspecified atom stereocenters. The molecule has 1 saturated carbocycles. The zero-order valence-electron chi connectivity index (χ0n) is 14.2. The van der Waals surface area contributed by atoms with Gasteiger partial charge in [0.15, 0.2) is 0 Å². The minimum Gasteiger partial charge on any atom is -0.445 e. The second kappa shape index (κ2) is 8.12. The first-order valence-electron chi connectivity index (χ1n) is 8.59. The Kier molecular flexibility index (Phi) is 5.66. The number of ether oxygens (including phenoxy) is 1. The van der Waals surface area contributed by atoms with Crippen LogP contribution in [0.15, 0.2) is 54.6 Å². The molecule has 0 bridgehead atoms. The molecule has 1 fully saturated rings.